The van der Waals surface area contributed by atoms with Gasteiger partial charge in [0.1, 0.15) is 5.82 Å². The van der Waals surface area contributed by atoms with Gasteiger partial charge in [-0.05, 0) is 44.9 Å². The lowest BCUT2D eigenvalue weighted by atomic mass is 9.85. The molecule has 1 saturated heterocycles. The van der Waals surface area contributed by atoms with Crippen molar-refractivity contribution in [1.82, 2.24) is 20.2 Å². The molecule has 3 amide bonds. The van der Waals surface area contributed by atoms with Crippen molar-refractivity contribution < 1.29 is 14.7 Å². The molecule has 1 aromatic rings. The van der Waals surface area contributed by atoms with Gasteiger partial charge in [-0.15, -0.1) is 0 Å². The summed E-state index contributed by atoms with van der Waals surface area (Å²) in [7, 11) is 0. The van der Waals surface area contributed by atoms with Crippen LogP contribution >= 0.6 is 0 Å². The maximum atomic E-state index is 11.9. The molecule has 2 aliphatic rings. The maximum Gasteiger partial charge on any atom is 0.317 e. The number of aliphatic hydroxyl groups is 1. The molecule has 2 fully saturated rings. The minimum atomic E-state index is -0.593. The molecule has 30 heavy (non-hydrogen) atoms. The van der Waals surface area contributed by atoms with Gasteiger partial charge in [0.05, 0.1) is 11.7 Å². The van der Waals surface area contributed by atoms with Gasteiger partial charge in [-0.25, -0.2) is 9.78 Å². The highest BCUT2D eigenvalue weighted by atomic mass is 16.3. The largest absolute Gasteiger partial charge is 0.393 e. The number of carbonyl (C=O) groups excluding carboxylic acids is 2. The van der Waals surface area contributed by atoms with E-state index in [2.05, 4.69) is 25.9 Å². The fraction of sp³-hybridized carbons (Fsp3) is 0.700. The lowest BCUT2D eigenvalue weighted by Gasteiger charge is -2.33. The summed E-state index contributed by atoms with van der Waals surface area (Å²) in [6, 6.07) is 0.131. The van der Waals surface area contributed by atoms with Crippen LogP contribution in [0.3, 0.4) is 0 Å². The Kier molecular flexibility index (Phi) is 7.30. The van der Waals surface area contributed by atoms with Gasteiger partial charge in [-0.2, -0.15) is 4.98 Å². The van der Waals surface area contributed by atoms with Crippen molar-refractivity contribution in [1.29, 1.82) is 0 Å². The minimum absolute atomic E-state index is 0.0253. The molecular weight excluding hydrogens is 386 g/mol. The maximum absolute atomic E-state index is 11.9. The number of nitrogens with zero attached hydrogens (tertiary/aromatic N) is 3. The zero-order chi connectivity index (χ0) is 21.7. The monoisotopic (exact) mass is 419 g/mol. The topological polar surface area (TPSA) is 146 Å². The van der Waals surface area contributed by atoms with Gasteiger partial charge in [0.15, 0.2) is 0 Å². The Morgan fingerprint density at radius 3 is 2.57 bits per heavy atom. The van der Waals surface area contributed by atoms with Crippen molar-refractivity contribution in [3.05, 3.63) is 11.8 Å². The van der Waals surface area contributed by atoms with Gasteiger partial charge in [0.2, 0.25) is 5.95 Å². The van der Waals surface area contributed by atoms with Crippen LogP contribution < -0.4 is 21.7 Å². The first-order valence-corrected chi connectivity index (χ1v) is 10.8. The molecular formula is C20H33N7O3. The zero-order valence-corrected chi connectivity index (χ0v) is 17.7. The molecule has 0 bridgehead atoms. The highest BCUT2D eigenvalue weighted by Gasteiger charge is 2.28. The fourth-order valence-electron chi connectivity index (χ4n) is 4.04. The summed E-state index contributed by atoms with van der Waals surface area (Å²) in [5, 5.41) is 19.6. The molecule has 0 unspecified atom stereocenters. The van der Waals surface area contributed by atoms with Crippen LogP contribution in [0.5, 0.6) is 0 Å². The van der Waals surface area contributed by atoms with Gasteiger partial charge < -0.3 is 31.7 Å². The smallest absolute Gasteiger partial charge is 0.317 e. The van der Waals surface area contributed by atoms with Crippen LogP contribution in [-0.2, 0) is 0 Å². The number of hydrogen-bond donors (Lipinski definition) is 5. The van der Waals surface area contributed by atoms with Crippen LogP contribution in [0.15, 0.2) is 6.20 Å². The number of anilines is 2. The molecule has 6 N–H and O–H groups in total. The third-order valence-corrected chi connectivity index (χ3v) is 5.99. The number of likely N-dealkylation sites (tertiary alicyclic amines) is 1. The van der Waals surface area contributed by atoms with Gasteiger partial charge in [0, 0.05) is 37.9 Å². The van der Waals surface area contributed by atoms with Crippen molar-refractivity contribution >= 4 is 23.7 Å². The fourth-order valence-corrected chi connectivity index (χ4v) is 4.04. The lowest BCUT2D eigenvalue weighted by molar-refractivity contribution is 0.0739. The van der Waals surface area contributed by atoms with E-state index in [1.165, 1.54) is 6.20 Å². The molecule has 1 aliphatic heterocycles. The summed E-state index contributed by atoms with van der Waals surface area (Å²) in [4.78, 5) is 34.3. The summed E-state index contributed by atoms with van der Waals surface area (Å²) in [5.74, 6) is 0.491. The standard InChI is InChI=1S/C20H33N7O3/c1-3-22-20(30)27-8-6-13(7-9-27)25-19-23-11-15(17(21)29)18(26-19)24-14-5-4-12(2)16(28)10-14/h11-14,16,28H,3-10H2,1-2H3,(H2,21,29)(H,22,30)(H2,23,24,25,26)/t12-,14-,16-/m1/s1. The Bertz CT molecular complexity index is 752. The second kappa shape index (κ2) is 9.92. The number of rotatable bonds is 6. The molecule has 2 heterocycles. The molecule has 3 atom stereocenters. The van der Waals surface area contributed by atoms with Gasteiger partial charge >= 0.3 is 6.03 Å². The lowest BCUT2D eigenvalue weighted by Crippen LogP contribution is -2.46. The van der Waals surface area contributed by atoms with E-state index in [1.54, 1.807) is 4.90 Å². The zero-order valence-electron chi connectivity index (χ0n) is 17.7. The first-order chi connectivity index (χ1) is 14.4. The number of nitrogens with one attached hydrogen (secondary N) is 3. The first kappa shape index (κ1) is 22.1. The van der Waals surface area contributed by atoms with Crippen LogP contribution in [0.4, 0.5) is 16.6 Å². The molecule has 1 aliphatic carbocycles. The molecule has 1 aromatic heterocycles. The third-order valence-electron chi connectivity index (χ3n) is 5.99. The predicted octanol–water partition coefficient (Wildman–Crippen LogP) is 1.14. The van der Waals surface area contributed by atoms with Crippen LogP contribution in [0, 0.1) is 5.92 Å². The number of hydrogen-bond acceptors (Lipinski definition) is 7. The summed E-state index contributed by atoms with van der Waals surface area (Å²) >= 11 is 0. The van der Waals surface area contributed by atoms with Crippen LogP contribution in [0.25, 0.3) is 0 Å². The third kappa shape index (κ3) is 5.50. The van der Waals surface area contributed by atoms with Gasteiger partial charge in [-0.3, -0.25) is 4.79 Å². The molecule has 0 radical (unpaired) electrons. The number of carbonyl (C=O) groups is 2. The number of aromatic nitrogens is 2. The molecule has 0 aromatic carbocycles. The number of amides is 3. The van der Waals surface area contributed by atoms with Crippen molar-refractivity contribution in [3.8, 4) is 0 Å². The molecule has 3 rings (SSSR count). The molecule has 10 heteroatoms. The molecule has 10 nitrogen and oxygen atoms in total. The van der Waals surface area contributed by atoms with Gasteiger partial charge in [-0.1, -0.05) is 6.92 Å². The van der Waals surface area contributed by atoms with E-state index in [9.17, 15) is 14.7 Å². The van der Waals surface area contributed by atoms with Crippen molar-refractivity contribution in [2.75, 3.05) is 30.3 Å². The Balaban J connectivity index is 1.63. The van der Waals surface area contributed by atoms with Crippen LogP contribution in [0.1, 0.15) is 56.3 Å². The normalized spacial score (nSPS) is 24.9. The van der Waals surface area contributed by atoms with E-state index in [-0.39, 0.29) is 35.7 Å². The van der Waals surface area contributed by atoms with E-state index >= 15 is 0 Å². The number of piperidine rings is 1. The second-order valence-electron chi connectivity index (χ2n) is 8.26. The summed E-state index contributed by atoms with van der Waals surface area (Å²) in [6.45, 7) is 5.88. The Hall–Kier alpha value is -2.62. The molecule has 166 valence electrons. The summed E-state index contributed by atoms with van der Waals surface area (Å²) in [6.07, 6.45) is 5.03. The average Bonchev–Trinajstić information content (AvgIpc) is 2.71. The summed E-state index contributed by atoms with van der Waals surface area (Å²) < 4.78 is 0. The number of urea groups is 1. The van der Waals surface area contributed by atoms with E-state index < -0.39 is 5.91 Å². The van der Waals surface area contributed by atoms with E-state index in [4.69, 9.17) is 5.73 Å². The number of aliphatic hydroxyl groups excluding tert-OH is 1. The number of nitrogens with two attached hydrogens (primary N) is 1. The first-order valence-electron chi connectivity index (χ1n) is 10.8. The Morgan fingerprint density at radius 1 is 1.20 bits per heavy atom. The quantitative estimate of drug-likeness (QED) is 0.465. The van der Waals surface area contributed by atoms with Crippen molar-refractivity contribution in [2.45, 2.75) is 64.1 Å². The minimum Gasteiger partial charge on any atom is -0.393 e. The Morgan fingerprint density at radius 2 is 1.93 bits per heavy atom. The summed E-state index contributed by atoms with van der Waals surface area (Å²) in [5.41, 5.74) is 5.74. The molecule has 0 spiro atoms. The number of primary amides is 1. The van der Waals surface area contributed by atoms with Crippen molar-refractivity contribution in [2.24, 2.45) is 11.7 Å². The van der Waals surface area contributed by atoms with Crippen LogP contribution in [-0.4, -0.2) is 69.7 Å². The second-order valence-corrected chi connectivity index (χ2v) is 8.26. The Labute approximate surface area is 177 Å². The molecule has 1 saturated carbocycles. The van der Waals surface area contributed by atoms with E-state index in [0.717, 1.165) is 25.7 Å². The van der Waals surface area contributed by atoms with E-state index in [1.807, 2.05) is 13.8 Å². The van der Waals surface area contributed by atoms with E-state index in [0.29, 0.717) is 37.8 Å². The van der Waals surface area contributed by atoms with Crippen molar-refractivity contribution in [3.63, 3.8) is 0 Å². The van der Waals surface area contributed by atoms with Crippen LogP contribution in [0.2, 0.25) is 0 Å². The highest BCUT2D eigenvalue weighted by Crippen LogP contribution is 2.27. The SMILES string of the molecule is CCNC(=O)N1CCC(Nc2ncc(C(N)=O)c(N[C@@H]3CC[C@@H](C)[C@H](O)C3)n2)CC1. The predicted molar refractivity (Wildman–Crippen MR) is 114 cm³/mol. The highest BCUT2D eigenvalue weighted by molar-refractivity contribution is 5.97. The van der Waals surface area contributed by atoms with Gasteiger partial charge in [0.25, 0.3) is 5.91 Å². The average molecular weight is 420 g/mol.